The second-order valence-corrected chi connectivity index (χ2v) is 8.82. The van der Waals surface area contributed by atoms with Crippen molar-refractivity contribution in [1.82, 2.24) is 4.90 Å². The zero-order valence-corrected chi connectivity index (χ0v) is 21.3. The van der Waals surface area contributed by atoms with E-state index < -0.39 is 11.9 Å². The van der Waals surface area contributed by atoms with Crippen LogP contribution >= 0.6 is 0 Å². The Labute approximate surface area is 212 Å². The standard InChI is InChI=1S/C28H37F3N4O/c1-4-6-8-14-23(11-5-2)34-26(28(29,30)31)25(19-32)33-24-17-15-21(16-18-24)20-35(3)27(36)22-12-9-7-10-13-22/h5-6,8,11,14-19,22,33H,4,7,9-10,12-13,20,32H2,1-3H3/b8-6+,11-5-,23-14+,25-19+,34-26-. The topological polar surface area (TPSA) is 70.7 Å². The van der Waals surface area contributed by atoms with E-state index >= 15 is 0 Å². The van der Waals surface area contributed by atoms with Crippen LogP contribution in [0.3, 0.4) is 0 Å². The molecule has 0 heterocycles. The highest BCUT2D eigenvalue weighted by Gasteiger charge is 2.38. The summed E-state index contributed by atoms with van der Waals surface area (Å²) in [7, 11) is 1.79. The number of carbonyl (C=O) groups excluding carboxylic acids is 1. The number of halogens is 3. The number of rotatable bonds is 10. The van der Waals surface area contributed by atoms with Crippen molar-refractivity contribution < 1.29 is 18.0 Å². The predicted molar refractivity (Wildman–Crippen MR) is 141 cm³/mol. The summed E-state index contributed by atoms with van der Waals surface area (Å²) in [5, 5.41) is 2.74. The highest BCUT2D eigenvalue weighted by atomic mass is 19.4. The van der Waals surface area contributed by atoms with Gasteiger partial charge in [-0.1, -0.05) is 56.5 Å². The highest BCUT2D eigenvalue weighted by Crippen LogP contribution is 2.27. The normalized spacial score (nSPS) is 16.7. The number of alkyl halides is 3. The number of nitrogens with two attached hydrogens (primary N) is 1. The van der Waals surface area contributed by atoms with E-state index in [0.717, 1.165) is 43.9 Å². The van der Waals surface area contributed by atoms with Crippen LogP contribution in [0.2, 0.25) is 0 Å². The zero-order valence-electron chi connectivity index (χ0n) is 21.3. The van der Waals surface area contributed by atoms with E-state index in [1.807, 2.05) is 13.0 Å². The molecule has 0 aromatic heterocycles. The first-order valence-corrected chi connectivity index (χ1v) is 12.4. The molecule has 1 saturated carbocycles. The molecule has 5 nitrogen and oxygen atoms in total. The Kier molecular flexibility index (Phi) is 11.5. The molecule has 3 N–H and O–H groups in total. The highest BCUT2D eigenvalue weighted by molar-refractivity contribution is 6.06. The summed E-state index contributed by atoms with van der Waals surface area (Å²) in [4.78, 5) is 18.3. The molecule has 1 aliphatic carbocycles. The molecule has 1 fully saturated rings. The fourth-order valence-electron chi connectivity index (χ4n) is 4.05. The summed E-state index contributed by atoms with van der Waals surface area (Å²) < 4.78 is 41.7. The lowest BCUT2D eigenvalue weighted by molar-refractivity contribution is -0.135. The third-order valence-electron chi connectivity index (χ3n) is 5.89. The van der Waals surface area contributed by atoms with Gasteiger partial charge in [-0.2, -0.15) is 13.2 Å². The van der Waals surface area contributed by atoms with Crippen LogP contribution in [0.25, 0.3) is 0 Å². The predicted octanol–water partition coefficient (Wildman–Crippen LogP) is 6.87. The van der Waals surface area contributed by atoms with Gasteiger partial charge in [0.15, 0.2) is 5.71 Å². The van der Waals surface area contributed by atoms with Crippen molar-refractivity contribution in [3.63, 3.8) is 0 Å². The van der Waals surface area contributed by atoms with E-state index in [9.17, 15) is 18.0 Å². The number of hydrogen-bond donors (Lipinski definition) is 2. The van der Waals surface area contributed by atoms with Crippen LogP contribution in [0.1, 0.15) is 57.9 Å². The Bertz CT molecular complexity index is 999. The number of nitrogens with zero attached hydrogens (tertiary/aromatic N) is 2. The number of allylic oxidation sites excluding steroid dienone is 6. The molecular weight excluding hydrogens is 465 g/mol. The van der Waals surface area contributed by atoms with Gasteiger partial charge in [0.1, 0.15) is 0 Å². The molecule has 196 valence electrons. The van der Waals surface area contributed by atoms with E-state index in [1.165, 1.54) is 18.6 Å². The first-order valence-electron chi connectivity index (χ1n) is 12.4. The second-order valence-electron chi connectivity index (χ2n) is 8.82. The average molecular weight is 503 g/mol. The minimum atomic E-state index is -4.73. The third kappa shape index (κ3) is 9.06. The molecule has 36 heavy (non-hydrogen) atoms. The van der Waals surface area contributed by atoms with Crippen LogP contribution in [-0.4, -0.2) is 29.7 Å². The largest absolute Gasteiger partial charge is 0.435 e. The summed E-state index contributed by atoms with van der Waals surface area (Å²) in [5.74, 6) is 0.232. The molecule has 0 radical (unpaired) electrons. The van der Waals surface area contributed by atoms with Crippen molar-refractivity contribution in [2.45, 2.75) is 65.1 Å². The van der Waals surface area contributed by atoms with Crippen LogP contribution < -0.4 is 11.1 Å². The van der Waals surface area contributed by atoms with Crippen LogP contribution in [0.4, 0.5) is 18.9 Å². The van der Waals surface area contributed by atoms with Gasteiger partial charge in [-0.15, -0.1) is 0 Å². The fraction of sp³-hybridized carbons (Fsp3) is 0.429. The van der Waals surface area contributed by atoms with Gasteiger partial charge in [0.25, 0.3) is 0 Å². The molecule has 8 heteroatoms. The molecule has 0 bridgehead atoms. The maximum atomic E-state index is 13.9. The quantitative estimate of drug-likeness (QED) is 0.271. The van der Waals surface area contributed by atoms with Gasteiger partial charge in [-0.05, 0) is 56.0 Å². The SMILES string of the molecule is C\C=C/C(=C\C=C\CC)/N=C(/C(=C\N)Nc1ccc(CN(C)C(=O)C2CCCCC2)cc1)C(F)(F)F. The van der Waals surface area contributed by atoms with Crippen LogP contribution in [0, 0.1) is 5.92 Å². The maximum Gasteiger partial charge on any atom is 0.435 e. The van der Waals surface area contributed by atoms with Crippen LogP contribution in [0.5, 0.6) is 0 Å². The lowest BCUT2D eigenvalue weighted by Crippen LogP contribution is -2.33. The number of nitrogens with one attached hydrogen (secondary N) is 1. The molecular formula is C28H37F3N4O. The molecule has 0 aliphatic heterocycles. The average Bonchev–Trinajstić information content (AvgIpc) is 2.86. The number of aliphatic imine (C=N–C) groups is 1. The summed E-state index contributed by atoms with van der Waals surface area (Å²) in [6.45, 7) is 4.08. The van der Waals surface area contributed by atoms with Crippen molar-refractivity contribution in [1.29, 1.82) is 0 Å². The molecule has 0 unspecified atom stereocenters. The van der Waals surface area contributed by atoms with E-state index in [-0.39, 0.29) is 23.2 Å². The maximum absolute atomic E-state index is 13.9. The summed E-state index contributed by atoms with van der Waals surface area (Å²) in [5.41, 5.74) is 5.57. The lowest BCUT2D eigenvalue weighted by atomic mass is 9.88. The Balaban J connectivity index is 2.18. The molecule has 1 aromatic carbocycles. The van der Waals surface area contributed by atoms with Gasteiger partial charge in [-0.25, -0.2) is 4.99 Å². The van der Waals surface area contributed by atoms with E-state index in [0.29, 0.717) is 12.2 Å². The van der Waals surface area contributed by atoms with Crippen LogP contribution in [-0.2, 0) is 11.3 Å². The first kappa shape index (κ1) is 28.9. The number of benzene rings is 1. The lowest BCUT2D eigenvalue weighted by Gasteiger charge is -2.26. The Morgan fingerprint density at radius 3 is 2.42 bits per heavy atom. The van der Waals surface area contributed by atoms with E-state index in [2.05, 4.69) is 10.3 Å². The van der Waals surface area contributed by atoms with Crippen molar-refractivity contribution >= 4 is 17.3 Å². The Morgan fingerprint density at radius 2 is 1.86 bits per heavy atom. The van der Waals surface area contributed by atoms with E-state index in [4.69, 9.17) is 5.73 Å². The van der Waals surface area contributed by atoms with Gasteiger partial charge >= 0.3 is 6.18 Å². The molecule has 0 saturated heterocycles. The number of carbonyl (C=O) groups is 1. The van der Waals surface area contributed by atoms with Crippen molar-refractivity contribution in [3.8, 4) is 0 Å². The van der Waals surface area contributed by atoms with E-state index in [1.54, 1.807) is 55.3 Å². The number of amides is 1. The third-order valence-corrected chi connectivity index (χ3v) is 5.89. The smallest absolute Gasteiger partial charge is 0.403 e. The summed E-state index contributed by atoms with van der Waals surface area (Å²) >= 11 is 0. The van der Waals surface area contributed by atoms with Crippen LogP contribution in [0.15, 0.2) is 77.2 Å². The Hall–Kier alpha value is -3.29. The molecule has 1 aliphatic rings. The molecule has 0 spiro atoms. The zero-order chi connectivity index (χ0) is 26.6. The molecule has 1 aromatic rings. The second kappa shape index (κ2) is 14.3. The van der Waals surface area contributed by atoms with Crippen molar-refractivity contribution in [3.05, 3.63) is 77.8 Å². The minimum absolute atomic E-state index is 0.0842. The fourth-order valence-corrected chi connectivity index (χ4v) is 4.05. The van der Waals surface area contributed by atoms with Gasteiger partial charge in [0.05, 0.1) is 11.4 Å². The van der Waals surface area contributed by atoms with Gasteiger partial charge < -0.3 is 16.0 Å². The molecule has 2 rings (SSSR count). The first-order chi connectivity index (χ1) is 17.2. The minimum Gasteiger partial charge on any atom is -0.403 e. The van der Waals surface area contributed by atoms with Crippen molar-refractivity contribution in [2.75, 3.05) is 12.4 Å². The van der Waals surface area contributed by atoms with Gasteiger partial charge in [0, 0.05) is 31.4 Å². The summed E-state index contributed by atoms with van der Waals surface area (Å²) in [6.07, 6.45) is 10.3. The Morgan fingerprint density at radius 1 is 1.19 bits per heavy atom. The molecule has 0 atom stereocenters. The number of hydrogen-bond acceptors (Lipinski definition) is 4. The van der Waals surface area contributed by atoms with Crippen molar-refractivity contribution in [2.24, 2.45) is 16.6 Å². The number of anilines is 1. The van der Waals surface area contributed by atoms with Gasteiger partial charge in [-0.3, -0.25) is 4.79 Å². The molecule has 1 amide bonds. The summed E-state index contributed by atoms with van der Waals surface area (Å²) in [6, 6.07) is 6.90. The van der Waals surface area contributed by atoms with Gasteiger partial charge in [0.2, 0.25) is 5.91 Å². The monoisotopic (exact) mass is 502 g/mol.